The van der Waals surface area contributed by atoms with Crippen molar-refractivity contribution in [1.29, 1.82) is 0 Å². The summed E-state index contributed by atoms with van der Waals surface area (Å²) < 4.78 is 0. The molecule has 0 spiro atoms. The summed E-state index contributed by atoms with van der Waals surface area (Å²) in [5.74, 6) is 0.108. The number of carbonyl (C=O) groups is 1. The summed E-state index contributed by atoms with van der Waals surface area (Å²) >= 11 is 0. The van der Waals surface area contributed by atoms with Gasteiger partial charge in [0.2, 0.25) is 5.91 Å². The van der Waals surface area contributed by atoms with Gasteiger partial charge >= 0.3 is 0 Å². The minimum atomic E-state index is -0.675. The summed E-state index contributed by atoms with van der Waals surface area (Å²) in [5, 5.41) is 0. The number of nitrogens with zero attached hydrogens (tertiary/aromatic N) is 1. The molecular formula is C12H24N2O. The van der Waals surface area contributed by atoms with Gasteiger partial charge in [-0.1, -0.05) is 26.2 Å². The molecule has 0 heterocycles. The van der Waals surface area contributed by atoms with E-state index in [0.717, 1.165) is 25.7 Å². The third-order valence-electron chi connectivity index (χ3n) is 3.45. The van der Waals surface area contributed by atoms with E-state index in [4.69, 9.17) is 5.73 Å². The zero-order chi connectivity index (χ0) is 11.5. The molecule has 0 bridgehead atoms. The summed E-state index contributed by atoms with van der Waals surface area (Å²) in [6.45, 7) is 3.91. The van der Waals surface area contributed by atoms with E-state index >= 15 is 0 Å². The second-order valence-electron chi connectivity index (χ2n) is 5.02. The first-order valence-corrected chi connectivity index (χ1v) is 6.05. The lowest BCUT2D eigenvalue weighted by Crippen LogP contribution is -2.54. The van der Waals surface area contributed by atoms with Crippen molar-refractivity contribution in [2.24, 2.45) is 5.73 Å². The first-order chi connectivity index (χ1) is 6.99. The second-order valence-corrected chi connectivity index (χ2v) is 5.02. The van der Waals surface area contributed by atoms with Crippen molar-refractivity contribution in [3.05, 3.63) is 0 Å². The molecule has 1 unspecified atom stereocenters. The van der Waals surface area contributed by atoms with Crippen LogP contribution in [0, 0.1) is 0 Å². The normalized spacial score (nSPS) is 21.3. The van der Waals surface area contributed by atoms with E-state index in [0.29, 0.717) is 6.04 Å². The van der Waals surface area contributed by atoms with Crippen LogP contribution in [-0.4, -0.2) is 29.4 Å². The van der Waals surface area contributed by atoms with Crippen molar-refractivity contribution < 1.29 is 4.79 Å². The third-order valence-corrected chi connectivity index (χ3v) is 3.45. The fraction of sp³-hybridized carbons (Fsp3) is 0.917. The quantitative estimate of drug-likeness (QED) is 0.773. The van der Waals surface area contributed by atoms with Gasteiger partial charge in [-0.15, -0.1) is 0 Å². The molecule has 1 aliphatic carbocycles. The summed E-state index contributed by atoms with van der Waals surface area (Å²) in [6.07, 6.45) is 6.50. The smallest absolute Gasteiger partial charge is 0.242 e. The number of nitrogens with two attached hydrogens (primary N) is 1. The molecule has 88 valence electrons. The molecular weight excluding hydrogens is 188 g/mol. The monoisotopic (exact) mass is 212 g/mol. The maximum Gasteiger partial charge on any atom is 0.242 e. The highest BCUT2D eigenvalue weighted by Crippen LogP contribution is 2.24. The lowest BCUT2D eigenvalue weighted by atomic mass is 9.95. The van der Waals surface area contributed by atoms with E-state index in [-0.39, 0.29) is 5.91 Å². The molecule has 0 aromatic rings. The Morgan fingerprint density at radius 2 is 2.00 bits per heavy atom. The first-order valence-electron chi connectivity index (χ1n) is 6.05. The molecule has 0 aliphatic heterocycles. The average Bonchev–Trinajstić information content (AvgIpc) is 2.68. The Labute approximate surface area is 93.0 Å². The van der Waals surface area contributed by atoms with Gasteiger partial charge in [0.05, 0.1) is 5.54 Å². The molecule has 1 saturated carbocycles. The lowest BCUT2D eigenvalue weighted by Gasteiger charge is -2.32. The number of rotatable bonds is 4. The van der Waals surface area contributed by atoms with Crippen LogP contribution in [0.15, 0.2) is 0 Å². The van der Waals surface area contributed by atoms with E-state index in [2.05, 4.69) is 6.92 Å². The Hall–Kier alpha value is -0.570. The zero-order valence-electron chi connectivity index (χ0n) is 10.3. The van der Waals surface area contributed by atoms with Crippen molar-refractivity contribution in [2.75, 3.05) is 7.05 Å². The van der Waals surface area contributed by atoms with Gasteiger partial charge < -0.3 is 10.6 Å². The Bertz CT molecular complexity index is 220. The Morgan fingerprint density at radius 1 is 1.47 bits per heavy atom. The van der Waals surface area contributed by atoms with Crippen LogP contribution in [0.25, 0.3) is 0 Å². The number of hydrogen-bond donors (Lipinski definition) is 1. The zero-order valence-corrected chi connectivity index (χ0v) is 10.3. The Morgan fingerprint density at radius 3 is 2.47 bits per heavy atom. The summed E-state index contributed by atoms with van der Waals surface area (Å²) in [7, 11) is 1.90. The summed E-state index contributed by atoms with van der Waals surface area (Å²) in [4.78, 5) is 14.0. The van der Waals surface area contributed by atoms with Crippen LogP contribution in [0.5, 0.6) is 0 Å². The van der Waals surface area contributed by atoms with Gasteiger partial charge in [-0.25, -0.2) is 0 Å². The highest BCUT2D eigenvalue weighted by molar-refractivity contribution is 5.85. The Kier molecular flexibility index (Phi) is 4.14. The maximum atomic E-state index is 12.1. The molecule has 0 aromatic heterocycles. The van der Waals surface area contributed by atoms with E-state index in [1.165, 1.54) is 12.8 Å². The predicted octanol–water partition coefficient (Wildman–Crippen LogP) is 1.90. The highest BCUT2D eigenvalue weighted by Gasteiger charge is 2.33. The summed E-state index contributed by atoms with van der Waals surface area (Å²) in [5.41, 5.74) is 5.37. The fourth-order valence-corrected chi connectivity index (χ4v) is 2.49. The van der Waals surface area contributed by atoms with Crippen molar-refractivity contribution >= 4 is 5.91 Å². The molecule has 0 saturated heterocycles. The average molecular weight is 212 g/mol. The summed E-state index contributed by atoms with van der Waals surface area (Å²) in [6, 6.07) is 0.428. The molecule has 1 aliphatic rings. The number of hydrogen-bond acceptors (Lipinski definition) is 2. The minimum Gasteiger partial charge on any atom is -0.341 e. The van der Waals surface area contributed by atoms with Crippen molar-refractivity contribution in [3.63, 3.8) is 0 Å². The van der Waals surface area contributed by atoms with Gasteiger partial charge in [0.25, 0.3) is 0 Å². The predicted molar refractivity (Wildman–Crippen MR) is 62.5 cm³/mol. The van der Waals surface area contributed by atoms with Gasteiger partial charge in [-0.2, -0.15) is 0 Å². The van der Waals surface area contributed by atoms with Crippen LogP contribution in [-0.2, 0) is 4.79 Å². The van der Waals surface area contributed by atoms with Crippen molar-refractivity contribution in [2.45, 2.75) is 64.0 Å². The Balaban J connectivity index is 2.57. The lowest BCUT2D eigenvalue weighted by molar-refractivity contribution is -0.137. The van der Waals surface area contributed by atoms with Gasteiger partial charge in [-0.05, 0) is 26.2 Å². The van der Waals surface area contributed by atoms with Crippen LogP contribution in [0.4, 0.5) is 0 Å². The van der Waals surface area contributed by atoms with E-state index in [9.17, 15) is 4.79 Å². The number of carbonyl (C=O) groups excluding carboxylic acids is 1. The molecule has 1 amide bonds. The van der Waals surface area contributed by atoms with Gasteiger partial charge in [0.1, 0.15) is 0 Å². The highest BCUT2D eigenvalue weighted by atomic mass is 16.2. The van der Waals surface area contributed by atoms with Gasteiger partial charge in [0.15, 0.2) is 0 Å². The number of amides is 1. The maximum absolute atomic E-state index is 12.1. The molecule has 0 radical (unpaired) electrons. The van der Waals surface area contributed by atoms with Crippen molar-refractivity contribution in [1.82, 2.24) is 4.90 Å². The molecule has 2 N–H and O–H groups in total. The SMILES string of the molecule is CCCC(C)(N)C(=O)N(C)C1CCCC1. The van der Waals surface area contributed by atoms with E-state index in [1.54, 1.807) is 0 Å². The largest absolute Gasteiger partial charge is 0.341 e. The third kappa shape index (κ3) is 2.94. The number of likely N-dealkylation sites (N-methyl/N-ethyl adjacent to an activating group) is 1. The van der Waals surface area contributed by atoms with Crippen molar-refractivity contribution in [3.8, 4) is 0 Å². The molecule has 3 nitrogen and oxygen atoms in total. The van der Waals surface area contributed by atoms with Gasteiger partial charge in [0, 0.05) is 13.1 Å². The fourth-order valence-electron chi connectivity index (χ4n) is 2.49. The van der Waals surface area contributed by atoms with Gasteiger partial charge in [-0.3, -0.25) is 4.79 Å². The molecule has 3 heteroatoms. The molecule has 1 atom stereocenters. The minimum absolute atomic E-state index is 0.108. The first kappa shape index (κ1) is 12.5. The van der Waals surface area contributed by atoms with Crippen LogP contribution < -0.4 is 5.73 Å². The van der Waals surface area contributed by atoms with Crippen LogP contribution in [0.3, 0.4) is 0 Å². The van der Waals surface area contributed by atoms with E-state index < -0.39 is 5.54 Å². The molecule has 0 aromatic carbocycles. The van der Waals surface area contributed by atoms with Crippen LogP contribution in [0.2, 0.25) is 0 Å². The second kappa shape index (κ2) is 4.97. The van der Waals surface area contributed by atoms with Crippen LogP contribution >= 0.6 is 0 Å². The molecule has 1 rings (SSSR count). The standard InChI is InChI=1S/C12H24N2O/c1-4-9-12(2,13)11(15)14(3)10-7-5-6-8-10/h10H,4-9,13H2,1-3H3. The molecule has 15 heavy (non-hydrogen) atoms. The molecule has 1 fully saturated rings. The topological polar surface area (TPSA) is 46.3 Å². The van der Waals surface area contributed by atoms with Crippen LogP contribution in [0.1, 0.15) is 52.4 Å². The van der Waals surface area contributed by atoms with E-state index in [1.807, 2.05) is 18.9 Å².